The minimum absolute atomic E-state index is 0.126. The number of ether oxygens (including phenoxy) is 4. The fraction of sp³-hybridized carbons (Fsp3) is 0.654. The van der Waals surface area contributed by atoms with Crippen molar-refractivity contribution in [3.63, 3.8) is 0 Å². The van der Waals surface area contributed by atoms with Crippen molar-refractivity contribution in [2.45, 2.75) is 76.8 Å². The molecule has 2 bridgehead atoms. The molecule has 0 aliphatic carbocycles. The molecule has 0 aromatic rings. The van der Waals surface area contributed by atoms with Crippen molar-refractivity contribution in [2.75, 3.05) is 13.7 Å². The molecule has 1 amide bonds. The summed E-state index contributed by atoms with van der Waals surface area (Å²) in [7, 11) is 1.31. The number of rotatable bonds is 5. The normalized spacial score (nSPS) is 42.8. The van der Waals surface area contributed by atoms with E-state index in [9.17, 15) is 24.6 Å². The lowest BCUT2D eigenvalue weighted by Gasteiger charge is -2.58. The zero-order chi connectivity index (χ0) is 26.6. The first-order valence-electron chi connectivity index (χ1n) is 12.3. The van der Waals surface area contributed by atoms with Crippen LogP contribution in [-0.4, -0.2) is 77.3 Å². The number of allylic oxidation sites excluding steroid dienone is 3. The highest BCUT2D eigenvalue weighted by Crippen LogP contribution is 2.58. The third-order valence-corrected chi connectivity index (χ3v) is 7.87. The van der Waals surface area contributed by atoms with Crippen LogP contribution in [0.2, 0.25) is 0 Å². The first kappa shape index (κ1) is 26.5. The number of hydrogen-bond acceptors (Lipinski definition) is 9. The Bertz CT molecular complexity index is 1030. The number of nitrogens with one attached hydrogen (secondary N) is 1. The molecule has 4 aliphatic rings. The van der Waals surface area contributed by atoms with Crippen molar-refractivity contribution in [3.8, 4) is 0 Å². The molecule has 4 fully saturated rings. The zero-order valence-electron chi connectivity index (χ0n) is 21.4. The van der Waals surface area contributed by atoms with Crippen molar-refractivity contribution < 1.29 is 43.5 Å². The topological polar surface area (TPSA) is 141 Å². The van der Waals surface area contributed by atoms with Crippen LogP contribution in [0.15, 0.2) is 35.1 Å². The lowest BCUT2D eigenvalue weighted by atomic mass is 9.72. The highest BCUT2D eigenvalue weighted by molar-refractivity contribution is 6.25. The molecule has 3 N–H and O–H groups in total. The van der Waals surface area contributed by atoms with Gasteiger partial charge in [0.1, 0.15) is 22.9 Å². The van der Waals surface area contributed by atoms with E-state index in [4.69, 9.17) is 18.9 Å². The van der Waals surface area contributed by atoms with Gasteiger partial charge in [-0.2, -0.15) is 0 Å². The maximum atomic E-state index is 12.8. The van der Waals surface area contributed by atoms with Crippen LogP contribution in [-0.2, 0) is 33.3 Å². The van der Waals surface area contributed by atoms with Gasteiger partial charge in [-0.15, -0.1) is 0 Å². The third-order valence-electron chi connectivity index (χ3n) is 7.87. The molecule has 1 spiro atoms. The Balaban J connectivity index is 1.62. The number of hydrogen-bond donors (Lipinski definition) is 3. The Hall–Kier alpha value is -2.53. The van der Waals surface area contributed by atoms with Gasteiger partial charge in [-0.1, -0.05) is 31.6 Å². The molecule has 9 atom stereocenters. The van der Waals surface area contributed by atoms with Crippen LogP contribution in [0.4, 0.5) is 0 Å². The monoisotopic (exact) mass is 505 g/mol. The molecule has 10 heteroatoms. The van der Waals surface area contributed by atoms with Gasteiger partial charge in [0.2, 0.25) is 5.79 Å². The number of amides is 1. The summed E-state index contributed by atoms with van der Waals surface area (Å²) in [5.74, 6) is -4.57. The summed E-state index contributed by atoms with van der Waals surface area (Å²) in [6, 6.07) is 0. The van der Waals surface area contributed by atoms with Gasteiger partial charge in [-0.25, -0.2) is 0 Å². The van der Waals surface area contributed by atoms with E-state index in [1.54, 1.807) is 19.9 Å². The first-order chi connectivity index (χ1) is 16.8. The van der Waals surface area contributed by atoms with Gasteiger partial charge in [0.15, 0.2) is 5.78 Å². The maximum absolute atomic E-state index is 12.8. The van der Waals surface area contributed by atoms with Crippen LogP contribution in [0.1, 0.15) is 41.0 Å². The van der Waals surface area contributed by atoms with Gasteiger partial charge < -0.3 is 34.5 Å². The largest absolute Gasteiger partial charge is 0.507 e. The van der Waals surface area contributed by atoms with Crippen molar-refractivity contribution in [1.29, 1.82) is 0 Å². The Kier molecular flexibility index (Phi) is 6.93. The summed E-state index contributed by atoms with van der Waals surface area (Å²) in [4.78, 5) is 36.4. The van der Waals surface area contributed by atoms with E-state index >= 15 is 0 Å². The summed E-state index contributed by atoms with van der Waals surface area (Å²) < 4.78 is 24.3. The van der Waals surface area contributed by atoms with E-state index in [-0.39, 0.29) is 30.4 Å². The van der Waals surface area contributed by atoms with Crippen LogP contribution >= 0.6 is 0 Å². The van der Waals surface area contributed by atoms with Gasteiger partial charge in [0.05, 0.1) is 38.1 Å². The molecule has 4 aliphatic heterocycles. The first-order valence-corrected chi connectivity index (χ1v) is 12.3. The Morgan fingerprint density at radius 2 is 1.92 bits per heavy atom. The summed E-state index contributed by atoms with van der Waals surface area (Å²) in [5, 5.41) is 23.5. The van der Waals surface area contributed by atoms with Crippen molar-refractivity contribution >= 4 is 17.7 Å². The van der Waals surface area contributed by atoms with Crippen LogP contribution < -0.4 is 5.32 Å². The molecular formula is C26H35NO9. The lowest BCUT2D eigenvalue weighted by Crippen LogP contribution is -2.72. The molecule has 0 aromatic heterocycles. The molecule has 4 heterocycles. The molecule has 0 radical (unpaired) electrons. The molecular weight excluding hydrogens is 470 g/mol. The number of carbonyl (C=O) groups is 3. The second-order valence-electron chi connectivity index (χ2n) is 10.5. The molecule has 4 saturated heterocycles. The number of Topliss-reactive ketones (excluding diaryl/α,β-unsaturated/α-hetero) is 1. The Labute approximate surface area is 210 Å². The molecule has 0 unspecified atom stereocenters. The van der Waals surface area contributed by atoms with E-state index in [2.05, 4.69) is 5.32 Å². The fourth-order valence-electron chi connectivity index (χ4n) is 6.20. The zero-order valence-corrected chi connectivity index (χ0v) is 21.4. The average Bonchev–Trinajstić information content (AvgIpc) is 3.25. The molecule has 4 rings (SSSR count). The van der Waals surface area contributed by atoms with Crippen LogP contribution in [0.25, 0.3) is 0 Å². The van der Waals surface area contributed by atoms with E-state index in [1.165, 1.54) is 13.2 Å². The minimum Gasteiger partial charge on any atom is -0.507 e. The summed E-state index contributed by atoms with van der Waals surface area (Å²) in [5.41, 5.74) is -0.545. The van der Waals surface area contributed by atoms with Crippen molar-refractivity contribution in [1.82, 2.24) is 5.32 Å². The van der Waals surface area contributed by atoms with Gasteiger partial charge in [-0.05, 0) is 26.8 Å². The van der Waals surface area contributed by atoms with Crippen LogP contribution in [0.5, 0.6) is 0 Å². The molecule has 36 heavy (non-hydrogen) atoms. The highest BCUT2D eigenvalue weighted by atomic mass is 16.8. The number of fused-ring (bicyclic) bond motifs is 1. The van der Waals surface area contributed by atoms with E-state index in [0.717, 1.165) is 5.57 Å². The van der Waals surface area contributed by atoms with Gasteiger partial charge in [0.25, 0.3) is 5.91 Å². The molecule has 10 nitrogen and oxygen atoms in total. The number of ketones is 1. The Morgan fingerprint density at radius 3 is 2.53 bits per heavy atom. The predicted octanol–water partition coefficient (Wildman–Crippen LogP) is 1.48. The van der Waals surface area contributed by atoms with E-state index < -0.39 is 65.1 Å². The van der Waals surface area contributed by atoms with Gasteiger partial charge in [-0.3, -0.25) is 14.4 Å². The highest BCUT2D eigenvalue weighted by Gasteiger charge is 2.74. The number of methoxy groups -OCH3 is 1. The average molecular weight is 506 g/mol. The van der Waals surface area contributed by atoms with Crippen LogP contribution in [0.3, 0.4) is 0 Å². The lowest BCUT2D eigenvalue weighted by molar-refractivity contribution is -0.417. The van der Waals surface area contributed by atoms with Gasteiger partial charge in [0, 0.05) is 18.3 Å². The predicted molar refractivity (Wildman–Crippen MR) is 126 cm³/mol. The van der Waals surface area contributed by atoms with Gasteiger partial charge >= 0.3 is 5.97 Å². The van der Waals surface area contributed by atoms with E-state index in [0.29, 0.717) is 0 Å². The SMILES string of the molecule is COC(=O)[C@H]1[C@@H](C)O[C@@]2(C)C[C@@H](O)[C@H]3O[C@@]12O[C@H]([C@H](C)/C=C(C)/C=C/C(O)=C1/C(=O)CNC1=O)[C@H]3C. The molecule has 0 aromatic carbocycles. The Morgan fingerprint density at radius 1 is 1.22 bits per heavy atom. The van der Waals surface area contributed by atoms with Crippen molar-refractivity contribution in [2.24, 2.45) is 17.8 Å². The standard InChI is InChI=1S/C26H35NO9/c1-12(7-8-16(28)19-18(30)11-27-23(19)31)9-13(2)21-14(3)22-17(29)10-25(5)26(35-21,36-22)20(15(4)34-25)24(32)33-6/h7-9,13-15,17,20-22,28-29H,10-11H2,1-6H3,(H,27,31)/b8-7+,12-9+,19-16+/t13-,14-,15-,17-,20-,21-,22+,25+,26+/m1/s1. The molecule has 198 valence electrons. The third kappa shape index (κ3) is 4.09. The number of esters is 1. The van der Waals surface area contributed by atoms with E-state index in [1.807, 2.05) is 26.8 Å². The quantitative estimate of drug-likeness (QED) is 0.167. The summed E-state index contributed by atoms with van der Waals surface area (Å²) in [6.45, 7) is 9.16. The number of carbonyl (C=O) groups excluding carboxylic acids is 3. The minimum atomic E-state index is -1.41. The fourth-order valence-corrected chi connectivity index (χ4v) is 6.20. The second-order valence-corrected chi connectivity index (χ2v) is 10.5. The second kappa shape index (κ2) is 9.41. The smallest absolute Gasteiger partial charge is 0.316 e. The maximum Gasteiger partial charge on any atom is 0.316 e. The number of aliphatic hydroxyl groups is 2. The van der Waals surface area contributed by atoms with Crippen molar-refractivity contribution in [3.05, 3.63) is 35.1 Å². The molecule has 0 saturated carbocycles. The summed E-state index contributed by atoms with van der Waals surface area (Å²) >= 11 is 0. The number of aliphatic hydroxyl groups excluding tert-OH is 2. The van der Waals surface area contributed by atoms with Crippen LogP contribution in [0, 0.1) is 17.8 Å². The summed E-state index contributed by atoms with van der Waals surface area (Å²) in [6.07, 6.45) is 2.78.